The molecule has 0 atom stereocenters. The van der Waals surface area contributed by atoms with E-state index in [2.05, 4.69) is 17.4 Å². The van der Waals surface area contributed by atoms with Crippen LogP contribution in [0, 0.1) is 0 Å². The predicted molar refractivity (Wildman–Crippen MR) is 84.1 cm³/mol. The second-order valence-corrected chi connectivity index (χ2v) is 5.77. The maximum atomic E-state index is 6.36. The van der Waals surface area contributed by atoms with Gasteiger partial charge in [0.2, 0.25) is 0 Å². The second-order valence-electron chi connectivity index (χ2n) is 5.37. The first-order valence-corrected chi connectivity index (χ1v) is 7.70. The maximum absolute atomic E-state index is 6.36. The molecule has 0 unspecified atom stereocenters. The lowest BCUT2D eigenvalue weighted by Crippen LogP contribution is -2.20. The van der Waals surface area contributed by atoms with Crippen molar-refractivity contribution in [2.24, 2.45) is 0 Å². The first-order valence-electron chi connectivity index (χ1n) is 7.32. The molecule has 1 heterocycles. The van der Waals surface area contributed by atoms with Crippen molar-refractivity contribution >= 4 is 11.6 Å². The van der Waals surface area contributed by atoms with E-state index >= 15 is 0 Å². The van der Waals surface area contributed by atoms with Crippen LogP contribution in [-0.2, 0) is 11.3 Å². The fourth-order valence-corrected chi connectivity index (χ4v) is 2.63. The molecule has 0 saturated heterocycles. The van der Waals surface area contributed by atoms with Gasteiger partial charge in [0.15, 0.2) is 0 Å². The number of benzene rings is 1. The molecule has 1 aliphatic carbocycles. The second kappa shape index (κ2) is 6.60. The number of aromatic nitrogens is 2. The van der Waals surface area contributed by atoms with Gasteiger partial charge >= 0.3 is 0 Å². The average Bonchev–Trinajstić information content (AvgIpc) is 3.23. The molecule has 1 aromatic carbocycles. The van der Waals surface area contributed by atoms with Crippen molar-refractivity contribution in [1.82, 2.24) is 15.1 Å². The summed E-state index contributed by atoms with van der Waals surface area (Å²) >= 11 is 6.36. The first-order chi connectivity index (χ1) is 10.3. The summed E-state index contributed by atoms with van der Waals surface area (Å²) in [5.74, 6) is 0.661. The van der Waals surface area contributed by atoms with Crippen LogP contribution >= 0.6 is 11.6 Å². The quantitative estimate of drug-likeness (QED) is 0.799. The number of rotatable bonds is 7. The molecular formula is C16H20ClN3O. The summed E-state index contributed by atoms with van der Waals surface area (Å²) in [6, 6.07) is 8.06. The summed E-state index contributed by atoms with van der Waals surface area (Å²) < 4.78 is 6.99. The van der Waals surface area contributed by atoms with Gasteiger partial charge in [0.1, 0.15) is 0 Å². The van der Waals surface area contributed by atoms with Crippen molar-refractivity contribution < 1.29 is 4.74 Å². The number of methoxy groups -OCH3 is 1. The molecule has 1 saturated carbocycles. The Morgan fingerprint density at radius 2 is 2.24 bits per heavy atom. The van der Waals surface area contributed by atoms with Crippen LogP contribution in [0.4, 0.5) is 0 Å². The van der Waals surface area contributed by atoms with E-state index in [9.17, 15) is 0 Å². The van der Waals surface area contributed by atoms with E-state index in [-0.39, 0.29) is 0 Å². The van der Waals surface area contributed by atoms with Crippen LogP contribution in [-0.4, -0.2) is 30.0 Å². The van der Waals surface area contributed by atoms with E-state index in [1.807, 2.05) is 23.0 Å². The SMILES string of the molecule is COCCNCc1c(Cl)cccc1-n1ccc(C2CC2)n1. The molecule has 1 aliphatic rings. The van der Waals surface area contributed by atoms with Crippen molar-refractivity contribution in [2.45, 2.75) is 25.3 Å². The number of halogens is 1. The Morgan fingerprint density at radius 1 is 1.38 bits per heavy atom. The number of nitrogens with zero attached hydrogens (tertiary/aromatic N) is 2. The molecule has 21 heavy (non-hydrogen) atoms. The largest absolute Gasteiger partial charge is 0.383 e. The fraction of sp³-hybridized carbons (Fsp3) is 0.438. The highest BCUT2D eigenvalue weighted by Gasteiger charge is 2.26. The molecule has 0 bridgehead atoms. The van der Waals surface area contributed by atoms with Gasteiger partial charge in [0.05, 0.1) is 18.0 Å². The van der Waals surface area contributed by atoms with E-state index in [0.29, 0.717) is 19.1 Å². The summed E-state index contributed by atoms with van der Waals surface area (Å²) in [4.78, 5) is 0. The topological polar surface area (TPSA) is 39.1 Å². The number of nitrogens with one attached hydrogen (secondary N) is 1. The van der Waals surface area contributed by atoms with E-state index in [0.717, 1.165) is 22.8 Å². The van der Waals surface area contributed by atoms with E-state index in [1.54, 1.807) is 7.11 Å². The van der Waals surface area contributed by atoms with Gasteiger partial charge < -0.3 is 10.1 Å². The van der Waals surface area contributed by atoms with Crippen LogP contribution in [0.15, 0.2) is 30.5 Å². The van der Waals surface area contributed by atoms with E-state index in [1.165, 1.54) is 18.5 Å². The molecule has 1 fully saturated rings. The monoisotopic (exact) mass is 305 g/mol. The smallest absolute Gasteiger partial charge is 0.0705 e. The Bertz CT molecular complexity index is 607. The highest BCUT2D eigenvalue weighted by atomic mass is 35.5. The summed E-state index contributed by atoms with van der Waals surface area (Å²) in [6.45, 7) is 2.19. The van der Waals surface area contributed by atoms with E-state index in [4.69, 9.17) is 21.4 Å². The zero-order valence-corrected chi connectivity index (χ0v) is 12.9. The molecule has 1 aromatic heterocycles. The predicted octanol–water partition coefficient (Wildman–Crippen LogP) is 3.14. The van der Waals surface area contributed by atoms with Crippen molar-refractivity contribution in [2.75, 3.05) is 20.3 Å². The van der Waals surface area contributed by atoms with Crippen LogP contribution in [0.2, 0.25) is 5.02 Å². The van der Waals surface area contributed by atoms with Crippen LogP contribution in [0.25, 0.3) is 5.69 Å². The number of ether oxygens (including phenoxy) is 1. The maximum Gasteiger partial charge on any atom is 0.0705 e. The van der Waals surface area contributed by atoms with Crippen LogP contribution < -0.4 is 5.32 Å². The average molecular weight is 306 g/mol. The molecule has 112 valence electrons. The van der Waals surface area contributed by atoms with Crippen molar-refractivity contribution in [3.63, 3.8) is 0 Å². The van der Waals surface area contributed by atoms with Gasteiger partial charge in [0, 0.05) is 42.9 Å². The minimum atomic E-state index is 0.661. The normalized spacial score (nSPS) is 14.6. The molecule has 0 aliphatic heterocycles. The number of hydrogen-bond acceptors (Lipinski definition) is 3. The Hall–Kier alpha value is -1.36. The lowest BCUT2D eigenvalue weighted by molar-refractivity contribution is 0.199. The van der Waals surface area contributed by atoms with Gasteiger partial charge in [-0.15, -0.1) is 0 Å². The number of hydrogen-bond donors (Lipinski definition) is 1. The van der Waals surface area contributed by atoms with Gasteiger partial charge in [-0.1, -0.05) is 17.7 Å². The molecule has 2 aromatic rings. The van der Waals surface area contributed by atoms with Crippen molar-refractivity contribution in [3.05, 3.63) is 46.7 Å². The zero-order chi connectivity index (χ0) is 14.7. The van der Waals surface area contributed by atoms with Crippen LogP contribution in [0.3, 0.4) is 0 Å². The van der Waals surface area contributed by atoms with Crippen molar-refractivity contribution in [3.8, 4) is 5.69 Å². The summed E-state index contributed by atoms with van der Waals surface area (Å²) in [5, 5.41) is 8.80. The zero-order valence-electron chi connectivity index (χ0n) is 12.2. The lowest BCUT2D eigenvalue weighted by Gasteiger charge is -2.12. The lowest BCUT2D eigenvalue weighted by atomic mass is 10.1. The molecule has 1 N–H and O–H groups in total. The minimum absolute atomic E-state index is 0.661. The molecule has 0 radical (unpaired) electrons. The molecule has 5 heteroatoms. The summed E-state index contributed by atoms with van der Waals surface area (Å²) in [6.07, 6.45) is 4.55. The molecule has 4 nitrogen and oxygen atoms in total. The summed E-state index contributed by atoms with van der Waals surface area (Å²) in [5.41, 5.74) is 3.30. The van der Waals surface area contributed by atoms with Crippen LogP contribution in [0.5, 0.6) is 0 Å². The van der Waals surface area contributed by atoms with Crippen molar-refractivity contribution in [1.29, 1.82) is 0 Å². The Kier molecular flexibility index (Phi) is 4.58. The Labute approximate surface area is 130 Å². The standard InChI is InChI=1S/C16H20ClN3O/c1-21-10-8-18-11-13-14(17)3-2-4-16(13)20-9-7-15(19-20)12-5-6-12/h2-4,7,9,12,18H,5-6,8,10-11H2,1H3. The third-order valence-electron chi connectivity index (χ3n) is 3.73. The fourth-order valence-electron chi connectivity index (χ4n) is 2.39. The van der Waals surface area contributed by atoms with Gasteiger partial charge in [-0.2, -0.15) is 5.10 Å². The highest BCUT2D eigenvalue weighted by molar-refractivity contribution is 6.31. The van der Waals surface area contributed by atoms with E-state index < -0.39 is 0 Å². The molecule has 3 rings (SSSR count). The Balaban J connectivity index is 1.80. The summed E-state index contributed by atoms with van der Waals surface area (Å²) in [7, 11) is 1.70. The highest BCUT2D eigenvalue weighted by Crippen LogP contribution is 2.39. The third kappa shape index (κ3) is 3.46. The first kappa shape index (κ1) is 14.6. The van der Waals surface area contributed by atoms with Gasteiger partial charge in [-0.25, -0.2) is 4.68 Å². The van der Waals surface area contributed by atoms with Gasteiger partial charge in [-0.3, -0.25) is 0 Å². The third-order valence-corrected chi connectivity index (χ3v) is 4.09. The molecular weight excluding hydrogens is 286 g/mol. The van der Waals surface area contributed by atoms with Gasteiger partial charge in [0.25, 0.3) is 0 Å². The Morgan fingerprint density at radius 3 is 3.00 bits per heavy atom. The van der Waals surface area contributed by atoms with Crippen LogP contribution in [0.1, 0.15) is 30.0 Å². The minimum Gasteiger partial charge on any atom is -0.383 e. The molecule has 0 spiro atoms. The van der Waals surface area contributed by atoms with Gasteiger partial charge in [-0.05, 0) is 31.0 Å². The molecule has 0 amide bonds.